The maximum atomic E-state index is 9.85. The van der Waals surface area contributed by atoms with Crippen LogP contribution in [0.1, 0.15) is 12.8 Å². The van der Waals surface area contributed by atoms with Crippen LogP contribution in [0.5, 0.6) is 0 Å². The first-order chi connectivity index (χ1) is 7.23. The summed E-state index contributed by atoms with van der Waals surface area (Å²) in [6.07, 6.45) is 4.79. The maximum absolute atomic E-state index is 9.85. The van der Waals surface area contributed by atoms with Gasteiger partial charge in [0.05, 0.1) is 24.1 Å². The molecule has 82 valence electrons. The van der Waals surface area contributed by atoms with E-state index in [1.54, 1.807) is 6.20 Å². The minimum Gasteiger partial charge on any atom is -0.393 e. The van der Waals surface area contributed by atoms with Gasteiger partial charge in [-0.25, -0.2) is 0 Å². The molecule has 4 nitrogen and oxygen atoms in total. The van der Waals surface area contributed by atoms with Crippen molar-refractivity contribution in [3.8, 4) is 0 Å². The van der Waals surface area contributed by atoms with Gasteiger partial charge in [-0.05, 0) is 25.0 Å². The molecule has 0 saturated carbocycles. The quantitative estimate of drug-likeness (QED) is 0.739. The summed E-state index contributed by atoms with van der Waals surface area (Å²) in [5.41, 5.74) is 0.205. The van der Waals surface area contributed by atoms with E-state index in [0.29, 0.717) is 12.8 Å². The van der Waals surface area contributed by atoms with Gasteiger partial charge in [-0.15, -0.1) is 0 Å². The van der Waals surface area contributed by atoms with Crippen molar-refractivity contribution in [1.29, 1.82) is 0 Å². The topological polar surface area (TPSA) is 56.6 Å². The van der Waals surface area contributed by atoms with Crippen molar-refractivity contribution < 1.29 is 10.2 Å². The standard InChI is InChI=1S/C11H16N2O2/c14-9-11(15)3-6-13(7-4-11)10-2-1-5-12-8-10/h1-2,5,8,14-15H,3-4,6-7,9H2. The van der Waals surface area contributed by atoms with Gasteiger partial charge >= 0.3 is 0 Å². The van der Waals surface area contributed by atoms with Crippen LogP contribution in [0, 0.1) is 0 Å². The number of rotatable bonds is 2. The number of nitrogens with zero attached hydrogens (tertiary/aromatic N) is 2. The molecule has 0 aromatic carbocycles. The van der Waals surface area contributed by atoms with Gasteiger partial charge in [-0.1, -0.05) is 0 Å². The zero-order valence-electron chi connectivity index (χ0n) is 8.63. The molecule has 1 fully saturated rings. The summed E-state index contributed by atoms with van der Waals surface area (Å²) in [5.74, 6) is 0. The van der Waals surface area contributed by atoms with Crippen molar-refractivity contribution in [3.05, 3.63) is 24.5 Å². The van der Waals surface area contributed by atoms with E-state index in [-0.39, 0.29) is 6.61 Å². The lowest BCUT2D eigenvalue weighted by Gasteiger charge is -2.38. The monoisotopic (exact) mass is 208 g/mol. The Morgan fingerprint density at radius 1 is 1.40 bits per heavy atom. The molecule has 0 unspecified atom stereocenters. The van der Waals surface area contributed by atoms with Crippen LogP contribution in [0.4, 0.5) is 5.69 Å². The second kappa shape index (κ2) is 4.16. The molecule has 2 N–H and O–H groups in total. The van der Waals surface area contributed by atoms with Crippen molar-refractivity contribution in [2.75, 3.05) is 24.6 Å². The van der Waals surface area contributed by atoms with Crippen molar-refractivity contribution >= 4 is 5.69 Å². The molecule has 1 saturated heterocycles. The molecule has 0 atom stereocenters. The highest BCUT2D eigenvalue weighted by Gasteiger charge is 2.31. The molecule has 0 amide bonds. The second-order valence-electron chi connectivity index (χ2n) is 4.08. The summed E-state index contributed by atoms with van der Waals surface area (Å²) in [6, 6.07) is 3.92. The Hall–Kier alpha value is -1.13. The van der Waals surface area contributed by atoms with Gasteiger partial charge in [0, 0.05) is 19.3 Å². The summed E-state index contributed by atoms with van der Waals surface area (Å²) in [6.45, 7) is 1.39. The Morgan fingerprint density at radius 3 is 2.67 bits per heavy atom. The number of aliphatic hydroxyl groups excluding tert-OH is 1. The summed E-state index contributed by atoms with van der Waals surface area (Å²) in [7, 11) is 0. The van der Waals surface area contributed by atoms with E-state index in [4.69, 9.17) is 5.11 Å². The zero-order chi connectivity index (χ0) is 10.7. The Morgan fingerprint density at radius 2 is 2.13 bits per heavy atom. The highest BCUT2D eigenvalue weighted by molar-refractivity contribution is 5.44. The Balaban J connectivity index is 2.00. The van der Waals surface area contributed by atoms with Crippen LogP contribution >= 0.6 is 0 Å². The number of hydrogen-bond donors (Lipinski definition) is 2. The summed E-state index contributed by atoms with van der Waals surface area (Å²) in [5, 5.41) is 18.9. The minimum atomic E-state index is -0.876. The van der Waals surface area contributed by atoms with Gasteiger partial charge < -0.3 is 15.1 Å². The molecule has 2 heterocycles. The van der Waals surface area contributed by atoms with Crippen LogP contribution in [0.15, 0.2) is 24.5 Å². The third-order valence-electron chi connectivity index (χ3n) is 3.00. The van der Waals surface area contributed by atoms with E-state index in [1.165, 1.54) is 0 Å². The van der Waals surface area contributed by atoms with Gasteiger partial charge in [-0.3, -0.25) is 4.98 Å². The van der Waals surface area contributed by atoms with Crippen LogP contribution in [-0.2, 0) is 0 Å². The lowest BCUT2D eigenvalue weighted by Crippen LogP contribution is -2.46. The molecule has 2 rings (SSSR count). The molecule has 15 heavy (non-hydrogen) atoms. The molecule has 4 heteroatoms. The van der Waals surface area contributed by atoms with Gasteiger partial charge in [0.25, 0.3) is 0 Å². The third-order valence-corrected chi connectivity index (χ3v) is 3.00. The van der Waals surface area contributed by atoms with Crippen LogP contribution in [0.2, 0.25) is 0 Å². The fourth-order valence-electron chi connectivity index (χ4n) is 1.88. The molecule has 0 bridgehead atoms. The Labute approximate surface area is 89.2 Å². The Bertz CT molecular complexity index is 308. The summed E-state index contributed by atoms with van der Waals surface area (Å²) in [4.78, 5) is 6.24. The number of aliphatic hydroxyl groups is 2. The minimum absolute atomic E-state index is 0.145. The van der Waals surface area contributed by atoms with E-state index in [0.717, 1.165) is 18.8 Å². The smallest absolute Gasteiger partial charge is 0.0911 e. The van der Waals surface area contributed by atoms with Crippen LogP contribution < -0.4 is 4.90 Å². The van der Waals surface area contributed by atoms with Gasteiger partial charge in [0.1, 0.15) is 0 Å². The predicted molar refractivity (Wildman–Crippen MR) is 57.7 cm³/mol. The van der Waals surface area contributed by atoms with Crippen LogP contribution in [0.3, 0.4) is 0 Å². The molecule has 1 aromatic heterocycles. The third kappa shape index (κ3) is 2.27. The van der Waals surface area contributed by atoms with E-state index >= 15 is 0 Å². The SMILES string of the molecule is OCC1(O)CCN(c2cccnc2)CC1. The average Bonchev–Trinajstić information content (AvgIpc) is 2.31. The summed E-state index contributed by atoms with van der Waals surface area (Å²) >= 11 is 0. The molecular formula is C11H16N2O2. The molecule has 1 aliphatic heterocycles. The van der Waals surface area contributed by atoms with Gasteiger partial charge in [-0.2, -0.15) is 0 Å². The fourth-order valence-corrected chi connectivity index (χ4v) is 1.88. The largest absolute Gasteiger partial charge is 0.393 e. The maximum Gasteiger partial charge on any atom is 0.0911 e. The van der Waals surface area contributed by atoms with Crippen molar-refractivity contribution in [2.45, 2.75) is 18.4 Å². The Kier molecular flexibility index (Phi) is 2.88. The highest BCUT2D eigenvalue weighted by Crippen LogP contribution is 2.25. The number of anilines is 1. The molecule has 0 spiro atoms. The first-order valence-corrected chi connectivity index (χ1v) is 5.22. The number of hydrogen-bond acceptors (Lipinski definition) is 4. The summed E-state index contributed by atoms with van der Waals surface area (Å²) < 4.78 is 0. The first kappa shape index (κ1) is 10.4. The van der Waals surface area contributed by atoms with Crippen molar-refractivity contribution in [2.24, 2.45) is 0 Å². The van der Waals surface area contributed by atoms with Gasteiger partial charge in [0.15, 0.2) is 0 Å². The molecule has 1 aliphatic rings. The van der Waals surface area contributed by atoms with E-state index in [9.17, 15) is 5.11 Å². The number of piperidine rings is 1. The van der Waals surface area contributed by atoms with E-state index < -0.39 is 5.60 Å². The van der Waals surface area contributed by atoms with E-state index in [2.05, 4.69) is 9.88 Å². The second-order valence-corrected chi connectivity index (χ2v) is 4.08. The van der Waals surface area contributed by atoms with Crippen LogP contribution in [0.25, 0.3) is 0 Å². The normalized spacial score (nSPS) is 20.3. The average molecular weight is 208 g/mol. The molecule has 0 radical (unpaired) electrons. The van der Waals surface area contributed by atoms with Gasteiger partial charge in [0.2, 0.25) is 0 Å². The van der Waals surface area contributed by atoms with E-state index in [1.807, 2.05) is 18.3 Å². The molecule has 0 aliphatic carbocycles. The molecular weight excluding hydrogens is 192 g/mol. The number of pyridine rings is 1. The predicted octanol–water partition coefficient (Wildman–Crippen LogP) is 0.405. The number of aromatic nitrogens is 1. The first-order valence-electron chi connectivity index (χ1n) is 5.22. The van der Waals surface area contributed by atoms with Crippen molar-refractivity contribution in [1.82, 2.24) is 4.98 Å². The highest BCUT2D eigenvalue weighted by atomic mass is 16.3. The van der Waals surface area contributed by atoms with Crippen LogP contribution in [-0.4, -0.2) is 40.5 Å². The lowest BCUT2D eigenvalue weighted by atomic mass is 9.92. The fraction of sp³-hybridized carbons (Fsp3) is 0.545. The lowest BCUT2D eigenvalue weighted by molar-refractivity contribution is -0.0325. The van der Waals surface area contributed by atoms with Crippen molar-refractivity contribution in [3.63, 3.8) is 0 Å². The zero-order valence-corrected chi connectivity index (χ0v) is 8.63. The molecule has 1 aromatic rings.